The molecular weight excluding hydrogens is 340 g/mol. The van der Waals surface area contributed by atoms with Gasteiger partial charge in [0.05, 0.1) is 11.9 Å². The Bertz CT molecular complexity index is 879. The molecule has 0 saturated heterocycles. The largest absolute Gasteiger partial charge is 0.363 e. The molecule has 7 nitrogen and oxygen atoms in total. The maximum atomic E-state index is 12.4. The predicted molar refractivity (Wildman–Crippen MR) is 99.4 cm³/mol. The molecule has 1 aromatic heterocycles. The Balaban J connectivity index is 2.11. The third-order valence-electron chi connectivity index (χ3n) is 3.52. The van der Waals surface area contributed by atoms with Gasteiger partial charge in [0.25, 0.3) is 5.91 Å². The number of hydrogen-bond acceptors (Lipinski definition) is 5. The SMILES string of the molecule is Cc1ccc(C(=O)NCc2ccnc(N(C)C)c2)cc1NS(C)(=O)=O. The topological polar surface area (TPSA) is 91.4 Å². The number of sulfonamides is 1. The van der Waals surface area contributed by atoms with Crippen LogP contribution in [0.2, 0.25) is 0 Å². The summed E-state index contributed by atoms with van der Waals surface area (Å²) in [4.78, 5) is 18.5. The lowest BCUT2D eigenvalue weighted by Gasteiger charge is -2.13. The summed E-state index contributed by atoms with van der Waals surface area (Å²) in [7, 11) is 0.389. The lowest BCUT2D eigenvalue weighted by Crippen LogP contribution is -2.23. The van der Waals surface area contributed by atoms with Crippen LogP contribution in [0.5, 0.6) is 0 Å². The molecule has 1 heterocycles. The van der Waals surface area contributed by atoms with E-state index in [1.54, 1.807) is 25.3 Å². The zero-order valence-electron chi connectivity index (χ0n) is 14.7. The number of pyridine rings is 1. The van der Waals surface area contributed by atoms with Gasteiger partial charge in [-0.1, -0.05) is 6.07 Å². The number of rotatable bonds is 6. The predicted octanol–water partition coefficient (Wildman–Crippen LogP) is 1.76. The van der Waals surface area contributed by atoms with Gasteiger partial charge >= 0.3 is 0 Å². The lowest BCUT2D eigenvalue weighted by molar-refractivity contribution is 0.0951. The first-order valence-electron chi connectivity index (χ1n) is 7.64. The fraction of sp³-hybridized carbons (Fsp3) is 0.294. The molecule has 0 bridgehead atoms. The number of aryl methyl sites for hydroxylation is 1. The number of carbonyl (C=O) groups is 1. The number of nitrogens with one attached hydrogen (secondary N) is 2. The second kappa shape index (κ2) is 7.52. The van der Waals surface area contributed by atoms with Crippen molar-refractivity contribution >= 4 is 27.4 Å². The minimum absolute atomic E-state index is 0.278. The third kappa shape index (κ3) is 5.46. The van der Waals surface area contributed by atoms with Crippen LogP contribution in [0.4, 0.5) is 11.5 Å². The summed E-state index contributed by atoms with van der Waals surface area (Å²) < 4.78 is 25.2. The highest BCUT2D eigenvalue weighted by atomic mass is 32.2. The molecule has 0 aliphatic rings. The van der Waals surface area contributed by atoms with Crippen molar-refractivity contribution in [2.24, 2.45) is 0 Å². The van der Waals surface area contributed by atoms with Gasteiger partial charge < -0.3 is 10.2 Å². The first-order valence-corrected chi connectivity index (χ1v) is 9.54. The summed E-state index contributed by atoms with van der Waals surface area (Å²) in [6.07, 6.45) is 2.77. The fourth-order valence-corrected chi connectivity index (χ4v) is 2.79. The van der Waals surface area contributed by atoms with Crippen molar-refractivity contribution in [3.05, 3.63) is 53.2 Å². The number of anilines is 2. The van der Waals surface area contributed by atoms with Crippen LogP contribution in [-0.2, 0) is 16.6 Å². The monoisotopic (exact) mass is 362 g/mol. The van der Waals surface area contributed by atoms with Crippen molar-refractivity contribution in [2.45, 2.75) is 13.5 Å². The van der Waals surface area contributed by atoms with E-state index in [0.717, 1.165) is 23.2 Å². The molecule has 2 N–H and O–H groups in total. The van der Waals surface area contributed by atoms with Gasteiger partial charge in [0.1, 0.15) is 5.82 Å². The first kappa shape index (κ1) is 18.7. The van der Waals surface area contributed by atoms with Crippen LogP contribution in [0.25, 0.3) is 0 Å². The van der Waals surface area contributed by atoms with Crippen LogP contribution in [-0.4, -0.2) is 39.7 Å². The Morgan fingerprint density at radius 3 is 2.56 bits per heavy atom. The Morgan fingerprint density at radius 2 is 1.92 bits per heavy atom. The number of amides is 1. The van der Waals surface area contributed by atoms with Gasteiger partial charge in [-0.15, -0.1) is 0 Å². The van der Waals surface area contributed by atoms with E-state index in [1.165, 1.54) is 6.07 Å². The average molecular weight is 362 g/mol. The van der Waals surface area contributed by atoms with Gasteiger partial charge in [-0.3, -0.25) is 9.52 Å². The molecule has 134 valence electrons. The third-order valence-corrected chi connectivity index (χ3v) is 4.11. The molecule has 0 unspecified atom stereocenters. The number of nitrogens with zero attached hydrogens (tertiary/aromatic N) is 2. The normalized spacial score (nSPS) is 11.0. The molecule has 2 rings (SSSR count). The minimum Gasteiger partial charge on any atom is -0.363 e. The van der Waals surface area contributed by atoms with Crippen LogP contribution in [0.1, 0.15) is 21.5 Å². The molecule has 0 atom stereocenters. The lowest BCUT2D eigenvalue weighted by atomic mass is 10.1. The average Bonchev–Trinajstić information content (AvgIpc) is 2.53. The van der Waals surface area contributed by atoms with Crippen LogP contribution in [0.3, 0.4) is 0 Å². The summed E-state index contributed by atoms with van der Waals surface area (Å²) >= 11 is 0. The molecule has 0 spiro atoms. The van der Waals surface area contributed by atoms with Crippen LogP contribution in [0, 0.1) is 6.92 Å². The van der Waals surface area contributed by atoms with Gasteiger partial charge in [0.15, 0.2) is 0 Å². The molecule has 0 aliphatic heterocycles. The van der Waals surface area contributed by atoms with E-state index >= 15 is 0 Å². The zero-order chi connectivity index (χ0) is 18.6. The van der Waals surface area contributed by atoms with Crippen molar-refractivity contribution < 1.29 is 13.2 Å². The van der Waals surface area contributed by atoms with Crippen LogP contribution < -0.4 is 14.9 Å². The number of aromatic nitrogens is 1. The Morgan fingerprint density at radius 1 is 1.20 bits per heavy atom. The number of hydrogen-bond donors (Lipinski definition) is 2. The summed E-state index contributed by atoms with van der Waals surface area (Å²) in [6, 6.07) is 8.63. The minimum atomic E-state index is -3.40. The molecule has 25 heavy (non-hydrogen) atoms. The Labute approximate surface area is 148 Å². The van der Waals surface area contributed by atoms with E-state index in [0.29, 0.717) is 17.8 Å². The highest BCUT2D eigenvalue weighted by molar-refractivity contribution is 7.92. The molecule has 0 radical (unpaired) electrons. The molecule has 1 amide bonds. The standard InChI is InChI=1S/C17H22N4O3S/c1-12-5-6-14(10-15(12)20-25(4,23)24)17(22)19-11-13-7-8-18-16(9-13)21(2)3/h5-10,20H,11H2,1-4H3,(H,19,22). The van der Waals surface area contributed by atoms with Crippen LogP contribution >= 0.6 is 0 Å². The van der Waals surface area contributed by atoms with E-state index in [2.05, 4.69) is 15.0 Å². The van der Waals surface area contributed by atoms with E-state index in [1.807, 2.05) is 31.1 Å². The fourth-order valence-electron chi connectivity index (χ4n) is 2.17. The molecule has 0 saturated carbocycles. The summed E-state index contributed by atoms with van der Waals surface area (Å²) in [5.74, 6) is 0.529. The molecular formula is C17H22N4O3S. The summed E-state index contributed by atoms with van der Waals surface area (Å²) in [5, 5.41) is 2.83. The first-order chi connectivity index (χ1) is 11.7. The van der Waals surface area contributed by atoms with E-state index in [4.69, 9.17) is 0 Å². The second-order valence-electron chi connectivity index (χ2n) is 6.00. The van der Waals surface area contributed by atoms with E-state index in [-0.39, 0.29) is 5.91 Å². The van der Waals surface area contributed by atoms with Crippen molar-refractivity contribution in [3.8, 4) is 0 Å². The Kier molecular flexibility index (Phi) is 5.63. The van der Waals surface area contributed by atoms with E-state index in [9.17, 15) is 13.2 Å². The van der Waals surface area contributed by atoms with Gasteiger partial charge in [0.2, 0.25) is 10.0 Å². The smallest absolute Gasteiger partial charge is 0.251 e. The quantitative estimate of drug-likeness (QED) is 0.817. The molecule has 0 fully saturated rings. The van der Waals surface area contributed by atoms with Gasteiger partial charge in [-0.25, -0.2) is 13.4 Å². The van der Waals surface area contributed by atoms with Gasteiger partial charge in [-0.2, -0.15) is 0 Å². The zero-order valence-corrected chi connectivity index (χ0v) is 15.5. The highest BCUT2D eigenvalue weighted by Gasteiger charge is 2.11. The molecule has 8 heteroatoms. The van der Waals surface area contributed by atoms with Crippen molar-refractivity contribution in [2.75, 3.05) is 30.0 Å². The van der Waals surface area contributed by atoms with Crippen LogP contribution in [0.15, 0.2) is 36.5 Å². The number of benzene rings is 1. The van der Waals surface area contributed by atoms with Gasteiger partial charge in [0, 0.05) is 32.4 Å². The summed E-state index contributed by atoms with van der Waals surface area (Å²) in [6.45, 7) is 2.12. The maximum Gasteiger partial charge on any atom is 0.251 e. The summed E-state index contributed by atoms with van der Waals surface area (Å²) in [5.41, 5.74) is 2.45. The molecule has 1 aromatic carbocycles. The highest BCUT2D eigenvalue weighted by Crippen LogP contribution is 2.18. The van der Waals surface area contributed by atoms with Crippen molar-refractivity contribution in [1.82, 2.24) is 10.3 Å². The Hall–Kier alpha value is -2.61. The molecule has 2 aromatic rings. The maximum absolute atomic E-state index is 12.4. The van der Waals surface area contributed by atoms with E-state index < -0.39 is 10.0 Å². The van der Waals surface area contributed by atoms with Crippen molar-refractivity contribution in [3.63, 3.8) is 0 Å². The van der Waals surface area contributed by atoms with Gasteiger partial charge in [-0.05, 0) is 42.3 Å². The molecule has 0 aliphatic carbocycles. The second-order valence-corrected chi connectivity index (χ2v) is 7.75. The number of carbonyl (C=O) groups excluding carboxylic acids is 1. The van der Waals surface area contributed by atoms with Crippen molar-refractivity contribution in [1.29, 1.82) is 0 Å².